The minimum atomic E-state index is -1.17. The smallest absolute Gasteiger partial charge is 0.325 e. The number of ether oxygens (including phenoxy) is 1. The number of hydrogen-bond donors (Lipinski definition) is 2. The van der Waals surface area contributed by atoms with Gasteiger partial charge in [0.05, 0.1) is 25.9 Å². The number of nitrogens with one attached hydrogen (secondary N) is 1. The second-order valence-electron chi connectivity index (χ2n) is 7.28. The molecule has 2 aromatic carbocycles. The number of thiophene rings is 1. The SMILES string of the molecule is C[C@@]1(c2ccc3ccccc3c2)NC(=O)N(C[C@H](O)COCc2cccs2)C1=O. The first kappa shape index (κ1) is 19.6. The van der Waals surface area contributed by atoms with Crippen LogP contribution in [0, 0.1) is 0 Å². The average Bonchev–Trinajstić information content (AvgIpc) is 3.31. The van der Waals surface area contributed by atoms with E-state index >= 15 is 0 Å². The maximum Gasteiger partial charge on any atom is 0.325 e. The van der Waals surface area contributed by atoms with Gasteiger partial charge in [0.1, 0.15) is 5.54 Å². The van der Waals surface area contributed by atoms with Crippen molar-refractivity contribution in [2.75, 3.05) is 13.2 Å². The zero-order chi connectivity index (χ0) is 20.4. The van der Waals surface area contributed by atoms with Gasteiger partial charge in [-0.2, -0.15) is 0 Å². The van der Waals surface area contributed by atoms with Gasteiger partial charge in [-0.05, 0) is 40.8 Å². The van der Waals surface area contributed by atoms with Crippen molar-refractivity contribution < 1.29 is 19.4 Å². The van der Waals surface area contributed by atoms with Crippen molar-refractivity contribution >= 4 is 34.0 Å². The minimum absolute atomic E-state index is 0.0433. The highest BCUT2D eigenvalue weighted by Crippen LogP contribution is 2.31. The van der Waals surface area contributed by atoms with Crippen molar-refractivity contribution in [1.29, 1.82) is 0 Å². The van der Waals surface area contributed by atoms with Crippen LogP contribution in [-0.4, -0.2) is 41.2 Å². The van der Waals surface area contributed by atoms with Gasteiger partial charge in [0.15, 0.2) is 0 Å². The van der Waals surface area contributed by atoms with Crippen LogP contribution in [0.5, 0.6) is 0 Å². The van der Waals surface area contributed by atoms with E-state index in [0.717, 1.165) is 20.5 Å². The van der Waals surface area contributed by atoms with Gasteiger partial charge in [0, 0.05) is 4.88 Å². The molecule has 1 fully saturated rings. The van der Waals surface area contributed by atoms with Crippen LogP contribution in [0.15, 0.2) is 60.0 Å². The summed E-state index contributed by atoms with van der Waals surface area (Å²) in [5.74, 6) is -0.380. The second kappa shape index (κ2) is 7.94. The predicted molar refractivity (Wildman–Crippen MR) is 112 cm³/mol. The van der Waals surface area contributed by atoms with E-state index < -0.39 is 17.7 Å². The minimum Gasteiger partial charge on any atom is -0.389 e. The summed E-state index contributed by atoms with van der Waals surface area (Å²) < 4.78 is 5.50. The van der Waals surface area contributed by atoms with Crippen LogP contribution in [-0.2, 0) is 21.7 Å². The highest BCUT2D eigenvalue weighted by molar-refractivity contribution is 7.09. The molecular weight excluding hydrogens is 388 g/mol. The molecule has 1 aromatic heterocycles. The van der Waals surface area contributed by atoms with E-state index in [1.54, 1.807) is 18.3 Å². The number of aliphatic hydroxyl groups is 1. The lowest BCUT2D eigenvalue weighted by Gasteiger charge is -2.23. The van der Waals surface area contributed by atoms with E-state index in [9.17, 15) is 14.7 Å². The Morgan fingerprint density at radius 1 is 1.14 bits per heavy atom. The highest BCUT2D eigenvalue weighted by atomic mass is 32.1. The normalized spacial score (nSPS) is 20.3. The third-order valence-corrected chi connectivity index (χ3v) is 5.98. The summed E-state index contributed by atoms with van der Waals surface area (Å²) in [6, 6.07) is 16.9. The van der Waals surface area contributed by atoms with Crippen LogP contribution in [0.2, 0.25) is 0 Å². The van der Waals surface area contributed by atoms with Gasteiger partial charge in [-0.3, -0.25) is 9.69 Å². The number of carbonyl (C=O) groups is 2. The molecule has 3 aromatic rings. The lowest BCUT2D eigenvalue weighted by atomic mass is 9.90. The maximum absolute atomic E-state index is 13.1. The Morgan fingerprint density at radius 3 is 2.69 bits per heavy atom. The molecule has 7 heteroatoms. The van der Waals surface area contributed by atoms with Crippen LogP contribution in [0.4, 0.5) is 4.79 Å². The van der Waals surface area contributed by atoms with Crippen LogP contribution < -0.4 is 5.32 Å². The zero-order valence-corrected chi connectivity index (χ0v) is 16.8. The van der Waals surface area contributed by atoms with Crippen LogP contribution in [0.25, 0.3) is 10.8 Å². The number of rotatable bonds is 7. The first-order valence-corrected chi connectivity index (χ1v) is 10.3. The van der Waals surface area contributed by atoms with Crippen molar-refractivity contribution in [3.63, 3.8) is 0 Å². The predicted octanol–water partition coefficient (Wildman–Crippen LogP) is 3.25. The molecule has 1 saturated heterocycles. The molecule has 29 heavy (non-hydrogen) atoms. The summed E-state index contributed by atoms with van der Waals surface area (Å²) >= 11 is 1.57. The number of β-amino-alcohol motifs (C(OH)–C–C–N with tert-alkyl or cyclic N) is 1. The topological polar surface area (TPSA) is 78.9 Å². The van der Waals surface area contributed by atoms with Crippen molar-refractivity contribution in [1.82, 2.24) is 10.2 Å². The van der Waals surface area contributed by atoms with Gasteiger partial charge < -0.3 is 15.2 Å². The van der Waals surface area contributed by atoms with Gasteiger partial charge in [-0.1, -0.05) is 42.5 Å². The fraction of sp³-hybridized carbons (Fsp3) is 0.273. The zero-order valence-electron chi connectivity index (χ0n) is 16.0. The quantitative estimate of drug-likeness (QED) is 0.586. The van der Waals surface area contributed by atoms with Crippen LogP contribution in [0.1, 0.15) is 17.4 Å². The molecule has 0 aliphatic carbocycles. The van der Waals surface area contributed by atoms with E-state index in [-0.39, 0.29) is 19.1 Å². The van der Waals surface area contributed by atoms with Crippen molar-refractivity contribution in [2.24, 2.45) is 0 Å². The van der Waals surface area contributed by atoms with Gasteiger partial charge in [0.2, 0.25) is 0 Å². The number of imide groups is 1. The van der Waals surface area contributed by atoms with Crippen LogP contribution >= 0.6 is 11.3 Å². The maximum atomic E-state index is 13.1. The number of fused-ring (bicyclic) bond motifs is 1. The number of amides is 3. The summed E-state index contributed by atoms with van der Waals surface area (Å²) in [7, 11) is 0. The third-order valence-electron chi connectivity index (χ3n) is 5.13. The first-order chi connectivity index (χ1) is 14.0. The lowest BCUT2D eigenvalue weighted by Crippen LogP contribution is -2.42. The number of hydrogen-bond acceptors (Lipinski definition) is 5. The van der Waals surface area contributed by atoms with E-state index in [1.165, 1.54) is 0 Å². The number of benzene rings is 2. The Labute approximate surface area is 172 Å². The fourth-order valence-electron chi connectivity index (χ4n) is 3.51. The molecule has 2 atom stereocenters. The summed E-state index contributed by atoms with van der Waals surface area (Å²) in [6.07, 6.45) is -0.955. The van der Waals surface area contributed by atoms with E-state index in [0.29, 0.717) is 12.2 Å². The molecule has 6 nitrogen and oxygen atoms in total. The summed E-state index contributed by atoms with van der Waals surface area (Å²) in [6.45, 7) is 2.01. The van der Waals surface area contributed by atoms with Gasteiger partial charge in [-0.15, -0.1) is 11.3 Å². The van der Waals surface area contributed by atoms with Crippen molar-refractivity contribution in [3.8, 4) is 0 Å². The second-order valence-corrected chi connectivity index (χ2v) is 8.31. The summed E-state index contributed by atoms with van der Waals surface area (Å²) in [5, 5.41) is 17.1. The average molecular weight is 410 g/mol. The molecule has 1 aliphatic rings. The van der Waals surface area contributed by atoms with E-state index in [2.05, 4.69) is 5.32 Å². The van der Waals surface area contributed by atoms with E-state index in [4.69, 9.17) is 4.74 Å². The number of urea groups is 1. The molecule has 150 valence electrons. The summed E-state index contributed by atoms with van der Waals surface area (Å²) in [5.41, 5.74) is -0.459. The molecule has 0 unspecified atom stereocenters. The molecule has 2 N–H and O–H groups in total. The molecule has 4 rings (SSSR count). The standard InChI is InChI=1S/C22H22N2O4S/c1-22(17-9-8-15-5-2-3-6-16(15)11-17)20(26)24(21(27)23-22)12-18(25)13-28-14-19-7-4-10-29-19/h2-11,18,25H,12-14H2,1H3,(H,23,27)/t18-,22-/m0/s1. The van der Waals surface area contributed by atoms with Gasteiger partial charge in [0.25, 0.3) is 5.91 Å². The van der Waals surface area contributed by atoms with E-state index in [1.807, 2.05) is 60.0 Å². The molecular formula is C22H22N2O4S. The Bertz CT molecular complexity index is 1040. The Hall–Kier alpha value is -2.74. The summed E-state index contributed by atoms with van der Waals surface area (Å²) in [4.78, 5) is 27.7. The number of nitrogens with zero attached hydrogens (tertiary/aromatic N) is 1. The van der Waals surface area contributed by atoms with Crippen molar-refractivity contribution in [2.45, 2.75) is 25.2 Å². The number of carbonyl (C=O) groups excluding carboxylic acids is 2. The molecule has 0 bridgehead atoms. The fourth-order valence-corrected chi connectivity index (χ4v) is 4.15. The Kier molecular flexibility index (Phi) is 5.36. The molecule has 0 saturated carbocycles. The molecule has 0 spiro atoms. The van der Waals surface area contributed by atoms with Gasteiger partial charge >= 0.3 is 6.03 Å². The molecule has 1 aliphatic heterocycles. The Balaban J connectivity index is 1.44. The molecule has 3 amide bonds. The lowest BCUT2D eigenvalue weighted by molar-refractivity contribution is -0.132. The monoisotopic (exact) mass is 410 g/mol. The van der Waals surface area contributed by atoms with Gasteiger partial charge in [-0.25, -0.2) is 4.79 Å². The third kappa shape index (κ3) is 3.89. The van der Waals surface area contributed by atoms with Crippen molar-refractivity contribution in [3.05, 3.63) is 70.4 Å². The largest absolute Gasteiger partial charge is 0.389 e. The molecule has 0 radical (unpaired) electrons. The first-order valence-electron chi connectivity index (χ1n) is 9.39. The number of aliphatic hydroxyl groups excluding tert-OH is 1. The molecule has 2 heterocycles. The van der Waals surface area contributed by atoms with Crippen LogP contribution in [0.3, 0.4) is 0 Å². The Morgan fingerprint density at radius 2 is 1.93 bits per heavy atom. The highest BCUT2D eigenvalue weighted by Gasteiger charge is 2.49.